The highest BCUT2D eigenvalue weighted by molar-refractivity contribution is 6.30. The van der Waals surface area contributed by atoms with E-state index in [2.05, 4.69) is 19.9 Å². The van der Waals surface area contributed by atoms with E-state index in [1.807, 2.05) is 20.8 Å². The van der Waals surface area contributed by atoms with Crippen LogP contribution in [0.5, 0.6) is 11.9 Å². The monoisotopic (exact) mass is 412 g/mol. The molecule has 0 aromatic carbocycles. The third kappa shape index (κ3) is 3.59. The Morgan fingerprint density at radius 3 is 2.89 bits per heavy atom. The molecule has 2 aliphatic rings. The molecule has 9 heteroatoms. The quantitative estimate of drug-likeness (QED) is 0.709. The van der Waals surface area contributed by atoms with Gasteiger partial charge in [0.2, 0.25) is 5.88 Å². The summed E-state index contributed by atoms with van der Waals surface area (Å²) in [4.78, 5) is 14.5. The normalized spacial score (nSPS) is 25.3. The SMILES string of the molecule is CC(C)(C)Oc1nc(OCC23CCCN2C[C@H](F)C3)nc2c(F)c(Cl)ncc12. The van der Waals surface area contributed by atoms with Gasteiger partial charge in [-0.2, -0.15) is 9.97 Å². The van der Waals surface area contributed by atoms with E-state index in [-0.39, 0.29) is 34.7 Å². The van der Waals surface area contributed by atoms with Gasteiger partial charge in [-0.3, -0.25) is 4.90 Å². The van der Waals surface area contributed by atoms with E-state index in [9.17, 15) is 8.78 Å². The van der Waals surface area contributed by atoms with Crippen molar-refractivity contribution < 1.29 is 18.3 Å². The van der Waals surface area contributed by atoms with E-state index in [4.69, 9.17) is 21.1 Å². The molecule has 0 saturated carbocycles. The summed E-state index contributed by atoms with van der Waals surface area (Å²) in [5.41, 5.74) is -0.931. The van der Waals surface area contributed by atoms with Gasteiger partial charge in [0.05, 0.1) is 10.9 Å². The first-order chi connectivity index (χ1) is 13.2. The predicted octanol–water partition coefficient (Wildman–Crippen LogP) is 3.95. The minimum Gasteiger partial charge on any atom is -0.471 e. The number of hydrogen-bond acceptors (Lipinski definition) is 6. The molecule has 0 amide bonds. The number of fused-ring (bicyclic) bond motifs is 2. The zero-order chi connectivity index (χ0) is 20.1. The van der Waals surface area contributed by atoms with Gasteiger partial charge in [0.1, 0.15) is 23.9 Å². The lowest BCUT2D eigenvalue weighted by atomic mass is 9.95. The topological polar surface area (TPSA) is 60.4 Å². The Morgan fingerprint density at radius 1 is 1.36 bits per heavy atom. The molecule has 0 radical (unpaired) electrons. The van der Waals surface area contributed by atoms with Crippen molar-refractivity contribution in [1.82, 2.24) is 19.9 Å². The Bertz CT molecular complexity index is 908. The van der Waals surface area contributed by atoms with Crippen molar-refractivity contribution in [1.29, 1.82) is 0 Å². The third-order valence-electron chi connectivity index (χ3n) is 5.22. The molecule has 2 fully saturated rings. The van der Waals surface area contributed by atoms with Gasteiger partial charge in [0, 0.05) is 19.2 Å². The Labute approximate surface area is 167 Å². The summed E-state index contributed by atoms with van der Waals surface area (Å²) >= 11 is 5.82. The minimum atomic E-state index is -0.858. The maximum Gasteiger partial charge on any atom is 0.320 e. The Balaban J connectivity index is 1.68. The van der Waals surface area contributed by atoms with Crippen molar-refractivity contribution >= 4 is 22.5 Å². The number of hydrogen-bond donors (Lipinski definition) is 0. The van der Waals surface area contributed by atoms with E-state index < -0.39 is 17.6 Å². The van der Waals surface area contributed by atoms with Crippen LogP contribution in [-0.2, 0) is 0 Å². The van der Waals surface area contributed by atoms with Crippen LogP contribution in [0.3, 0.4) is 0 Å². The maximum absolute atomic E-state index is 14.5. The Hall–Kier alpha value is -1.80. The van der Waals surface area contributed by atoms with E-state index in [0.29, 0.717) is 18.4 Å². The standard InChI is InChI=1S/C19H23ClF2N4O2/c1-18(2,3)28-16-12-8-23-15(20)13(22)14(12)24-17(25-16)27-10-19-5-4-6-26(19)9-11(21)7-19/h8,11H,4-7,9-10H2,1-3H3/t11-,19?/m1/s1. The van der Waals surface area contributed by atoms with Crippen LogP contribution in [0.25, 0.3) is 10.9 Å². The van der Waals surface area contributed by atoms with Gasteiger partial charge in [0.15, 0.2) is 11.0 Å². The molecule has 2 aliphatic heterocycles. The summed E-state index contributed by atoms with van der Waals surface area (Å²) in [5, 5.41) is 0.0324. The maximum atomic E-state index is 14.5. The summed E-state index contributed by atoms with van der Waals surface area (Å²) in [7, 11) is 0. The fourth-order valence-electron chi connectivity index (χ4n) is 4.07. The van der Waals surface area contributed by atoms with Crippen molar-refractivity contribution in [2.45, 2.75) is 57.3 Å². The van der Waals surface area contributed by atoms with E-state index in [0.717, 1.165) is 19.4 Å². The third-order valence-corrected chi connectivity index (χ3v) is 5.48. The van der Waals surface area contributed by atoms with Crippen LogP contribution in [0.1, 0.15) is 40.0 Å². The lowest BCUT2D eigenvalue weighted by Gasteiger charge is -2.30. The molecule has 4 rings (SSSR count). The van der Waals surface area contributed by atoms with E-state index in [1.165, 1.54) is 6.20 Å². The second-order valence-electron chi connectivity index (χ2n) is 8.52. The van der Waals surface area contributed by atoms with Crippen LogP contribution in [0.15, 0.2) is 6.20 Å². The van der Waals surface area contributed by atoms with Gasteiger partial charge >= 0.3 is 6.01 Å². The second kappa shape index (κ2) is 6.91. The summed E-state index contributed by atoms with van der Waals surface area (Å²) in [6, 6.07) is -0.0172. The van der Waals surface area contributed by atoms with Gasteiger partial charge in [-0.15, -0.1) is 0 Å². The number of rotatable bonds is 4. The van der Waals surface area contributed by atoms with Gasteiger partial charge in [-0.1, -0.05) is 11.6 Å². The van der Waals surface area contributed by atoms with Gasteiger partial charge in [-0.25, -0.2) is 13.8 Å². The molecule has 4 heterocycles. The van der Waals surface area contributed by atoms with Crippen molar-refractivity contribution in [3.8, 4) is 11.9 Å². The summed E-state index contributed by atoms with van der Waals surface area (Å²) < 4.78 is 40.2. The molecule has 0 aliphatic carbocycles. The van der Waals surface area contributed by atoms with Crippen LogP contribution in [0.2, 0.25) is 5.15 Å². The molecular formula is C19H23ClF2N4O2. The number of nitrogens with zero attached hydrogens (tertiary/aromatic N) is 4. The van der Waals surface area contributed by atoms with Crippen molar-refractivity contribution in [3.05, 3.63) is 17.2 Å². The smallest absolute Gasteiger partial charge is 0.320 e. The zero-order valence-electron chi connectivity index (χ0n) is 16.1. The Morgan fingerprint density at radius 2 is 2.14 bits per heavy atom. The zero-order valence-corrected chi connectivity index (χ0v) is 16.9. The highest BCUT2D eigenvalue weighted by atomic mass is 35.5. The summed E-state index contributed by atoms with van der Waals surface area (Å²) in [5.74, 6) is -0.582. The molecule has 0 bridgehead atoms. The highest BCUT2D eigenvalue weighted by Crippen LogP contribution is 2.40. The molecule has 2 atom stereocenters. The predicted molar refractivity (Wildman–Crippen MR) is 101 cm³/mol. The largest absolute Gasteiger partial charge is 0.471 e. The molecule has 0 spiro atoms. The van der Waals surface area contributed by atoms with Crippen LogP contribution < -0.4 is 9.47 Å². The fourth-order valence-corrected chi connectivity index (χ4v) is 4.21. The average Bonchev–Trinajstić information content (AvgIpc) is 3.11. The molecule has 1 unspecified atom stereocenters. The number of ether oxygens (including phenoxy) is 2. The lowest BCUT2D eigenvalue weighted by Crippen LogP contribution is -2.43. The first kappa shape index (κ1) is 19.5. The molecule has 28 heavy (non-hydrogen) atoms. The van der Waals surface area contributed by atoms with E-state index >= 15 is 0 Å². The van der Waals surface area contributed by atoms with Gasteiger partial charge in [0.25, 0.3) is 0 Å². The second-order valence-corrected chi connectivity index (χ2v) is 8.87. The average molecular weight is 413 g/mol. The lowest BCUT2D eigenvalue weighted by molar-refractivity contribution is 0.102. The number of alkyl halides is 1. The molecule has 6 nitrogen and oxygen atoms in total. The first-order valence-electron chi connectivity index (χ1n) is 9.40. The van der Waals surface area contributed by atoms with Crippen LogP contribution in [0, 0.1) is 5.82 Å². The molecule has 2 aromatic rings. The molecule has 2 saturated heterocycles. The van der Waals surface area contributed by atoms with Gasteiger partial charge < -0.3 is 9.47 Å². The Kier molecular flexibility index (Phi) is 4.82. The van der Waals surface area contributed by atoms with Crippen LogP contribution in [0.4, 0.5) is 8.78 Å². The summed E-state index contributed by atoms with van der Waals surface area (Å²) in [6.45, 7) is 7.10. The number of pyridine rings is 1. The number of aromatic nitrogens is 3. The van der Waals surface area contributed by atoms with Gasteiger partial charge in [-0.05, 0) is 40.2 Å². The van der Waals surface area contributed by atoms with E-state index in [1.54, 1.807) is 0 Å². The van der Waals surface area contributed by atoms with Crippen molar-refractivity contribution in [2.24, 2.45) is 0 Å². The van der Waals surface area contributed by atoms with Crippen molar-refractivity contribution in [3.63, 3.8) is 0 Å². The van der Waals surface area contributed by atoms with Crippen molar-refractivity contribution in [2.75, 3.05) is 19.7 Å². The first-order valence-corrected chi connectivity index (χ1v) is 9.77. The van der Waals surface area contributed by atoms with Crippen LogP contribution in [-0.4, -0.2) is 56.9 Å². The minimum absolute atomic E-state index is 0.0141. The number of halogens is 3. The summed E-state index contributed by atoms with van der Waals surface area (Å²) in [6.07, 6.45) is 2.81. The van der Waals surface area contributed by atoms with Crippen LogP contribution >= 0.6 is 11.6 Å². The molecular weight excluding hydrogens is 390 g/mol. The highest BCUT2D eigenvalue weighted by Gasteiger charge is 2.49. The fraction of sp³-hybridized carbons (Fsp3) is 0.632. The molecule has 0 N–H and O–H groups in total. The molecule has 152 valence electrons. The molecule has 2 aromatic heterocycles.